The number of carbonyl (C=O) groups is 3. The number of ether oxygens (including phenoxy) is 1. The number of amides is 3. The number of nitrogens with zero attached hydrogens (tertiary/aromatic N) is 1. The first kappa shape index (κ1) is 24.6. The molecule has 10 heteroatoms. The van der Waals surface area contributed by atoms with E-state index < -0.39 is 47.1 Å². The van der Waals surface area contributed by atoms with Crippen LogP contribution >= 0.6 is 0 Å². The summed E-state index contributed by atoms with van der Waals surface area (Å²) in [5, 5.41) is 5.06. The van der Waals surface area contributed by atoms with Gasteiger partial charge in [0.1, 0.15) is 29.4 Å². The summed E-state index contributed by atoms with van der Waals surface area (Å²) in [5.41, 5.74) is 6.87. The molecule has 2 aliphatic rings. The van der Waals surface area contributed by atoms with Crippen molar-refractivity contribution in [3.8, 4) is 0 Å². The third kappa shape index (κ3) is 5.12. The summed E-state index contributed by atoms with van der Waals surface area (Å²) < 4.78 is 33.9. The highest BCUT2D eigenvalue weighted by Gasteiger charge is 2.43. The summed E-state index contributed by atoms with van der Waals surface area (Å²) in [6.45, 7) is 2.55. The zero-order valence-corrected chi connectivity index (χ0v) is 19.2. The molecule has 0 aliphatic carbocycles. The zero-order valence-electron chi connectivity index (χ0n) is 19.2. The molecule has 2 heterocycles. The Balaban J connectivity index is 1.69. The second kappa shape index (κ2) is 10.4. The van der Waals surface area contributed by atoms with E-state index in [0.717, 1.165) is 12.1 Å². The molecule has 2 aliphatic heterocycles. The standard InChI is InChI=1S/C25H27F2N4O4/c1-2-20(32)29-21(14-8-10-35-11-9-14)25(34)31-13-15-6-7-16(28)12-17(15)23(31)24(33)30-22-18(26)4-3-5-19(22)27/h2-7,12,14,21,23H,8-11,13,28H2,1H3,(H,29,32)(H,30,33)/t21-,23-/m0/s1. The van der Waals surface area contributed by atoms with Gasteiger partial charge in [-0.05, 0) is 54.2 Å². The second-order valence-corrected chi connectivity index (χ2v) is 8.64. The summed E-state index contributed by atoms with van der Waals surface area (Å²) in [7, 11) is 0. The fourth-order valence-corrected chi connectivity index (χ4v) is 4.60. The summed E-state index contributed by atoms with van der Waals surface area (Å²) in [6.07, 6.45) is 2.45. The van der Waals surface area contributed by atoms with Crippen LogP contribution in [0.25, 0.3) is 0 Å². The predicted octanol–water partition coefficient (Wildman–Crippen LogP) is 2.70. The molecule has 1 fully saturated rings. The number of rotatable bonds is 6. The zero-order chi connectivity index (χ0) is 25.1. The van der Waals surface area contributed by atoms with Gasteiger partial charge in [0.2, 0.25) is 11.8 Å². The van der Waals surface area contributed by atoms with E-state index in [4.69, 9.17) is 10.5 Å². The molecule has 0 spiro atoms. The summed E-state index contributed by atoms with van der Waals surface area (Å²) in [5.74, 6) is -3.73. The monoisotopic (exact) mass is 485 g/mol. The van der Waals surface area contributed by atoms with Crippen molar-refractivity contribution in [3.05, 3.63) is 65.6 Å². The molecular formula is C25H27F2N4O4. The van der Waals surface area contributed by atoms with Gasteiger partial charge in [-0.15, -0.1) is 0 Å². The number of nitrogens with one attached hydrogen (secondary N) is 2. The van der Waals surface area contributed by atoms with E-state index in [-0.39, 0.29) is 12.5 Å². The molecule has 4 rings (SSSR count). The Hall–Kier alpha value is -3.53. The van der Waals surface area contributed by atoms with Gasteiger partial charge in [0.15, 0.2) is 0 Å². The quantitative estimate of drug-likeness (QED) is 0.545. The molecular weight excluding hydrogens is 458 g/mol. The van der Waals surface area contributed by atoms with Gasteiger partial charge in [-0.25, -0.2) is 8.78 Å². The van der Waals surface area contributed by atoms with E-state index in [2.05, 4.69) is 10.6 Å². The predicted molar refractivity (Wildman–Crippen MR) is 125 cm³/mol. The van der Waals surface area contributed by atoms with Gasteiger partial charge in [0, 0.05) is 31.9 Å². The molecule has 2 aromatic rings. The Bertz CT molecular complexity index is 1120. The molecule has 35 heavy (non-hydrogen) atoms. The third-order valence-corrected chi connectivity index (χ3v) is 6.42. The molecule has 8 nitrogen and oxygen atoms in total. The van der Waals surface area contributed by atoms with Crippen molar-refractivity contribution in [3.63, 3.8) is 0 Å². The molecule has 2 aromatic carbocycles. The van der Waals surface area contributed by atoms with E-state index in [1.807, 2.05) is 0 Å². The smallest absolute Gasteiger partial charge is 0.252 e. The van der Waals surface area contributed by atoms with Crippen molar-refractivity contribution < 1.29 is 27.9 Å². The van der Waals surface area contributed by atoms with Crippen LogP contribution in [0.15, 0.2) is 36.4 Å². The number of carbonyl (C=O) groups excluding carboxylic acids is 3. The van der Waals surface area contributed by atoms with Gasteiger partial charge in [-0.2, -0.15) is 0 Å². The normalized spacial score (nSPS) is 18.6. The van der Waals surface area contributed by atoms with E-state index in [1.165, 1.54) is 17.4 Å². The van der Waals surface area contributed by atoms with Gasteiger partial charge in [0.25, 0.3) is 5.91 Å². The Labute approximate surface area is 201 Å². The molecule has 0 bridgehead atoms. The minimum atomic E-state index is -1.19. The van der Waals surface area contributed by atoms with Gasteiger partial charge in [-0.3, -0.25) is 14.4 Å². The highest BCUT2D eigenvalue weighted by molar-refractivity contribution is 6.00. The van der Waals surface area contributed by atoms with Crippen molar-refractivity contribution in [2.45, 2.75) is 38.4 Å². The van der Waals surface area contributed by atoms with E-state index in [0.29, 0.717) is 42.9 Å². The molecule has 185 valence electrons. The lowest BCUT2D eigenvalue weighted by atomic mass is 9.90. The number of halogens is 2. The van der Waals surface area contributed by atoms with Crippen molar-refractivity contribution in [1.82, 2.24) is 10.2 Å². The molecule has 1 saturated heterocycles. The number of benzene rings is 2. The number of anilines is 2. The number of hydrogen-bond acceptors (Lipinski definition) is 5. The molecule has 3 amide bonds. The van der Waals surface area contributed by atoms with Gasteiger partial charge in [0.05, 0.1) is 0 Å². The van der Waals surface area contributed by atoms with Crippen LogP contribution in [0.4, 0.5) is 20.2 Å². The minimum Gasteiger partial charge on any atom is -0.399 e. The molecule has 1 radical (unpaired) electrons. The van der Waals surface area contributed by atoms with Crippen LogP contribution in [0.5, 0.6) is 0 Å². The molecule has 4 N–H and O–H groups in total. The highest BCUT2D eigenvalue weighted by Crippen LogP contribution is 2.37. The maximum Gasteiger partial charge on any atom is 0.252 e. The van der Waals surface area contributed by atoms with Crippen LogP contribution in [0, 0.1) is 24.0 Å². The Morgan fingerprint density at radius 1 is 1.14 bits per heavy atom. The third-order valence-electron chi connectivity index (χ3n) is 6.42. The van der Waals surface area contributed by atoms with Gasteiger partial charge >= 0.3 is 0 Å². The van der Waals surface area contributed by atoms with Crippen LogP contribution in [0.1, 0.15) is 36.9 Å². The molecule has 0 unspecified atom stereocenters. The van der Waals surface area contributed by atoms with Crippen LogP contribution < -0.4 is 16.4 Å². The first-order valence-electron chi connectivity index (χ1n) is 11.4. The van der Waals surface area contributed by atoms with Crippen molar-refractivity contribution in [2.75, 3.05) is 24.3 Å². The Morgan fingerprint density at radius 3 is 2.49 bits per heavy atom. The maximum atomic E-state index is 14.2. The fourth-order valence-electron chi connectivity index (χ4n) is 4.60. The van der Waals surface area contributed by atoms with E-state index in [9.17, 15) is 23.2 Å². The van der Waals surface area contributed by atoms with Gasteiger partial charge < -0.3 is 26.0 Å². The second-order valence-electron chi connectivity index (χ2n) is 8.64. The molecule has 0 saturated carbocycles. The maximum absolute atomic E-state index is 14.2. The molecule has 2 atom stereocenters. The number of nitrogen functional groups attached to an aromatic ring is 1. The average Bonchev–Trinajstić information content (AvgIpc) is 3.23. The number of hydrogen-bond donors (Lipinski definition) is 3. The first-order chi connectivity index (χ1) is 16.8. The fraction of sp³-hybridized carbons (Fsp3) is 0.360. The van der Waals surface area contributed by atoms with Crippen LogP contribution in [-0.4, -0.2) is 41.9 Å². The van der Waals surface area contributed by atoms with Crippen molar-refractivity contribution in [2.24, 2.45) is 5.92 Å². The van der Waals surface area contributed by atoms with E-state index in [1.54, 1.807) is 25.1 Å². The number of fused-ring (bicyclic) bond motifs is 1. The number of nitrogens with two attached hydrogens (primary N) is 1. The highest BCUT2D eigenvalue weighted by atomic mass is 19.1. The minimum absolute atomic E-state index is 0.0811. The summed E-state index contributed by atoms with van der Waals surface area (Å²) in [4.78, 5) is 40.8. The SMILES string of the molecule is C[CH]C(=O)N[C@H](C(=O)N1Cc2ccc(N)cc2[C@H]1C(=O)Nc1c(F)cccc1F)C1CCOCC1. The lowest BCUT2D eigenvalue weighted by molar-refractivity contribution is -0.143. The Morgan fingerprint density at radius 2 is 1.83 bits per heavy atom. The van der Waals surface area contributed by atoms with Crippen molar-refractivity contribution >= 4 is 29.1 Å². The van der Waals surface area contributed by atoms with Crippen LogP contribution in [0.3, 0.4) is 0 Å². The first-order valence-corrected chi connectivity index (χ1v) is 11.4. The largest absolute Gasteiger partial charge is 0.399 e. The average molecular weight is 486 g/mol. The van der Waals surface area contributed by atoms with E-state index >= 15 is 0 Å². The lowest BCUT2D eigenvalue weighted by Crippen LogP contribution is -2.53. The van der Waals surface area contributed by atoms with Crippen molar-refractivity contribution in [1.29, 1.82) is 0 Å². The molecule has 0 aromatic heterocycles. The summed E-state index contributed by atoms with van der Waals surface area (Å²) in [6, 6.07) is 6.10. The summed E-state index contributed by atoms with van der Waals surface area (Å²) >= 11 is 0. The van der Waals surface area contributed by atoms with Crippen LogP contribution in [-0.2, 0) is 25.7 Å². The topological polar surface area (TPSA) is 114 Å². The number of para-hydroxylation sites is 1. The van der Waals surface area contributed by atoms with Gasteiger partial charge in [-0.1, -0.05) is 19.1 Å². The van der Waals surface area contributed by atoms with Crippen LogP contribution in [0.2, 0.25) is 0 Å². The lowest BCUT2D eigenvalue weighted by Gasteiger charge is -2.34. The Kier molecular flexibility index (Phi) is 7.30.